The van der Waals surface area contributed by atoms with Gasteiger partial charge in [-0.25, -0.2) is 0 Å². The molecule has 0 unspecified atom stereocenters. The number of anilines is 1. The Morgan fingerprint density at radius 3 is 2.48 bits per heavy atom. The number of nitrogens with zero attached hydrogens (tertiary/aromatic N) is 1. The summed E-state index contributed by atoms with van der Waals surface area (Å²) in [5.74, 6) is 0.236. The summed E-state index contributed by atoms with van der Waals surface area (Å²) in [5, 5.41) is 0. The van der Waals surface area contributed by atoms with Crippen molar-refractivity contribution in [2.24, 2.45) is 0 Å². The fraction of sp³-hybridized carbons (Fsp3) is 0.588. The summed E-state index contributed by atoms with van der Waals surface area (Å²) >= 11 is 0. The summed E-state index contributed by atoms with van der Waals surface area (Å²) in [6.07, 6.45) is 4.72. The van der Waals surface area contributed by atoms with E-state index in [2.05, 4.69) is 20.8 Å². The molecule has 4 heteroatoms. The number of carbonyl (C=O) groups excluding carboxylic acids is 1. The van der Waals surface area contributed by atoms with Gasteiger partial charge in [-0.15, -0.1) is 12.4 Å². The van der Waals surface area contributed by atoms with Crippen molar-refractivity contribution in [3.63, 3.8) is 0 Å². The molecule has 0 bridgehead atoms. The number of hydrogen-bond acceptors (Lipinski definition) is 2. The second-order valence-corrected chi connectivity index (χ2v) is 5.59. The molecule has 120 valence electrons. The van der Waals surface area contributed by atoms with Crippen LogP contribution in [-0.2, 0) is 11.2 Å². The third kappa shape index (κ3) is 6.85. The van der Waals surface area contributed by atoms with Gasteiger partial charge < -0.3 is 10.6 Å². The molecule has 0 radical (unpaired) electrons. The summed E-state index contributed by atoms with van der Waals surface area (Å²) < 4.78 is 0. The van der Waals surface area contributed by atoms with Crippen LogP contribution in [0.3, 0.4) is 0 Å². The predicted octanol–water partition coefficient (Wildman–Crippen LogP) is 4.05. The van der Waals surface area contributed by atoms with Crippen LogP contribution in [0.5, 0.6) is 0 Å². The van der Waals surface area contributed by atoms with Gasteiger partial charge in [0.15, 0.2) is 0 Å². The quantitative estimate of drug-likeness (QED) is 0.581. The van der Waals surface area contributed by atoms with Gasteiger partial charge in [-0.1, -0.05) is 38.0 Å². The SMILES string of the molecule is CCCCCN(C(=O)CCc1ccccc1N)C(C)C.Cl. The summed E-state index contributed by atoms with van der Waals surface area (Å²) in [4.78, 5) is 14.3. The first-order valence-corrected chi connectivity index (χ1v) is 7.69. The van der Waals surface area contributed by atoms with Gasteiger partial charge in [-0.05, 0) is 38.3 Å². The minimum atomic E-state index is 0. The summed E-state index contributed by atoms with van der Waals surface area (Å²) in [6, 6.07) is 8.05. The van der Waals surface area contributed by atoms with Gasteiger partial charge in [-0.2, -0.15) is 0 Å². The highest BCUT2D eigenvalue weighted by atomic mass is 35.5. The zero-order chi connectivity index (χ0) is 15.0. The minimum Gasteiger partial charge on any atom is -0.399 e. The maximum Gasteiger partial charge on any atom is 0.223 e. The van der Waals surface area contributed by atoms with Crippen molar-refractivity contribution in [3.05, 3.63) is 29.8 Å². The van der Waals surface area contributed by atoms with Crippen molar-refractivity contribution in [3.8, 4) is 0 Å². The molecular weight excluding hydrogens is 284 g/mol. The molecule has 0 atom stereocenters. The fourth-order valence-corrected chi connectivity index (χ4v) is 2.35. The smallest absolute Gasteiger partial charge is 0.223 e. The van der Waals surface area contributed by atoms with Crippen LogP contribution in [-0.4, -0.2) is 23.4 Å². The average Bonchev–Trinajstić information content (AvgIpc) is 2.42. The molecule has 0 aliphatic heterocycles. The van der Waals surface area contributed by atoms with Gasteiger partial charge in [-0.3, -0.25) is 4.79 Å². The van der Waals surface area contributed by atoms with Crippen LogP contribution in [0.15, 0.2) is 24.3 Å². The summed E-state index contributed by atoms with van der Waals surface area (Å²) in [6.45, 7) is 7.22. The first-order chi connectivity index (χ1) is 9.56. The lowest BCUT2D eigenvalue weighted by atomic mass is 10.1. The van der Waals surface area contributed by atoms with Crippen molar-refractivity contribution in [1.82, 2.24) is 4.90 Å². The lowest BCUT2D eigenvalue weighted by molar-refractivity contribution is -0.132. The van der Waals surface area contributed by atoms with E-state index in [-0.39, 0.29) is 24.4 Å². The van der Waals surface area contributed by atoms with Crippen LogP contribution in [0.25, 0.3) is 0 Å². The Morgan fingerprint density at radius 1 is 1.24 bits per heavy atom. The van der Waals surface area contributed by atoms with Crippen LogP contribution in [0.1, 0.15) is 52.0 Å². The first kappa shape index (κ1) is 19.8. The molecule has 0 aromatic heterocycles. The van der Waals surface area contributed by atoms with Crippen LogP contribution in [0.2, 0.25) is 0 Å². The van der Waals surface area contributed by atoms with E-state index in [1.165, 1.54) is 12.8 Å². The number of amides is 1. The van der Waals surface area contributed by atoms with Gasteiger partial charge in [0.25, 0.3) is 0 Å². The maximum atomic E-state index is 12.3. The molecule has 21 heavy (non-hydrogen) atoms. The van der Waals surface area contributed by atoms with Crippen LogP contribution in [0.4, 0.5) is 5.69 Å². The molecule has 0 heterocycles. The van der Waals surface area contributed by atoms with Gasteiger partial charge in [0.1, 0.15) is 0 Å². The first-order valence-electron chi connectivity index (χ1n) is 7.69. The highest BCUT2D eigenvalue weighted by Gasteiger charge is 2.16. The maximum absolute atomic E-state index is 12.3. The number of halogens is 1. The van der Waals surface area contributed by atoms with Crippen molar-refractivity contribution < 1.29 is 4.79 Å². The largest absolute Gasteiger partial charge is 0.399 e. The van der Waals surface area contributed by atoms with Gasteiger partial charge >= 0.3 is 0 Å². The van der Waals surface area contributed by atoms with Crippen molar-refractivity contribution in [2.45, 2.75) is 58.9 Å². The molecular formula is C17H29ClN2O. The minimum absolute atomic E-state index is 0. The Hall–Kier alpha value is -1.22. The number of unbranched alkanes of at least 4 members (excludes halogenated alkanes) is 2. The monoisotopic (exact) mass is 312 g/mol. The van der Waals surface area contributed by atoms with E-state index in [9.17, 15) is 4.79 Å². The van der Waals surface area contributed by atoms with Crippen molar-refractivity contribution >= 4 is 24.0 Å². The highest BCUT2D eigenvalue weighted by molar-refractivity contribution is 5.85. The molecule has 0 fully saturated rings. The lowest BCUT2D eigenvalue weighted by Gasteiger charge is -2.27. The zero-order valence-corrected chi connectivity index (χ0v) is 14.3. The van der Waals surface area contributed by atoms with E-state index in [1.807, 2.05) is 29.2 Å². The number of carbonyl (C=O) groups is 1. The Balaban J connectivity index is 0.00000400. The second-order valence-electron chi connectivity index (χ2n) is 5.59. The number of rotatable bonds is 8. The Labute approximate surface area is 135 Å². The van der Waals surface area contributed by atoms with Crippen LogP contribution < -0.4 is 5.73 Å². The average molecular weight is 313 g/mol. The molecule has 0 spiro atoms. The molecule has 0 saturated carbocycles. The molecule has 0 saturated heterocycles. The molecule has 0 aliphatic rings. The number of aryl methyl sites for hydroxylation is 1. The van der Waals surface area contributed by atoms with E-state index >= 15 is 0 Å². The van der Waals surface area contributed by atoms with E-state index in [0.29, 0.717) is 6.42 Å². The summed E-state index contributed by atoms with van der Waals surface area (Å²) in [7, 11) is 0. The topological polar surface area (TPSA) is 46.3 Å². The molecule has 1 aromatic rings. The van der Waals surface area contributed by atoms with E-state index in [0.717, 1.165) is 30.6 Å². The second kappa shape index (κ2) is 10.5. The molecule has 0 aliphatic carbocycles. The molecule has 2 N–H and O–H groups in total. The Kier molecular flexibility index (Phi) is 9.89. The number of para-hydroxylation sites is 1. The molecule has 1 rings (SSSR count). The number of benzene rings is 1. The van der Waals surface area contributed by atoms with Crippen molar-refractivity contribution in [2.75, 3.05) is 12.3 Å². The number of nitrogen functional groups attached to an aromatic ring is 1. The lowest BCUT2D eigenvalue weighted by Crippen LogP contribution is -2.37. The van der Waals surface area contributed by atoms with Gasteiger partial charge in [0.05, 0.1) is 0 Å². The Morgan fingerprint density at radius 2 is 1.90 bits per heavy atom. The molecule has 3 nitrogen and oxygen atoms in total. The molecule has 1 amide bonds. The standard InChI is InChI=1S/C17H28N2O.ClH/c1-4-5-8-13-19(14(2)3)17(20)12-11-15-9-6-7-10-16(15)18;/h6-7,9-10,14H,4-5,8,11-13,18H2,1-3H3;1H. The van der Waals surface area contributed by atoms with Gasteiger partial charge in [0, 0.05) is 24.7 Å². The van der Waals surface area contributed by atoms with E-state index in [1.54, 1.807) is 0 Å². The summed E-state index contributed by atoms with van der Waals surface area (Å²) in [5.41, 5.74) is 7.76. The third-order valence-electron chi connectivity index (χ3n) is 3.61. The van der Waals surface area contributed by atoms with E-state index in [4.69, 9.17) is 5.73 Å². The fourth-order valence-electron chi connectivity index (χ4n) is 2.35. The van der Waals surface area contributed by atoms with Crippen LogP contribution >= 0.6 is 12.4 Å². The number of nitrogens with two attached hydrogens (primary N) is 1. The van der Waals surface area contributed by atoms with Gasteiger partial charge in [0.2, 0.25) is 5.91 Å². The number of hydrogen-bond donors (Lipinski definition) is 1. The Bertz CT molecular complexity index is 421. The third-order valence-corrected chi connectivity index (χ3v) is 3.61. The normalized spacial score (nSPS) is 10.3. The highest BCUT2D eigenvalue weighted by Crippen LogP contribution is 2.14. The van der Waals surface area contributed by atoms with Crippen molar-refractivity contribution in [1.29, 1.82) is 0 Å². The zero-order valence-electron chi connectivity index (χ0n) is 13.5. The predicted molar refractivity (Wildman–Crippen MR) is 92.8 cm³/mol. The molecule has 1 aromatic carbocycles. The van der Waals surface area contributed by atoms with E-state index < -0.39 is 0 Å². The van der Waals surface area contributed by atoms with Crippen LogP contribution in [0, 0.1) is 0 Å².